The Morgan fingerprint density at radius 3 is 2.75 bits per heavy atom. The van der Waals surface area contributed by atoms with Gasteiger partial charge in [0.25, 0.3) is 0 Å². The molecule has 0 unspecified atom stereocenters. The van der Waals surface area contributed by atoms with Crippen molar-refractivity contribution < 1.29 is 24.2 Å². The van der Waals surface area contributed by atoms with Crippen LogP contribution in [0.2, 0.25) is 0 Å². The molecular formula is C19H22O5. The molecule has 0 radical (unpaired) electrons. The van der Waals surface area contributed by atoms with Gasteiger partial charge in [0.1, 0.15) is 23.2 Å². The maximum atomic E-state index is 12.4. The standard InChI is InChI=1S/C19H22O5/c1-13-7-6-10-15(20)9-5-3-4-8-14-11-16(23-2)12-17(21)18(14)19(22)24-13/h4,6,8,10-13,21H,3,5,7,9H2,1-2H3/b8-4+,10-6+/t13-/m0/s1. The van der Waals surface area contributed by atoms with Crippen LogP contribution in [0.5, 0.6) is 11.5 Å². The molecule has 24 heavy (non-hydrogen) atoms. The minimum Gasteiger partial charge on any atom is -0.507 e. The van der Waals surface area contributed by atoms with Crippen LogP contribution in [-0.2, 0) is 9.53 Å². The van der Waals surface area contributed by atoms with Crippen molar-refractivity contribution in [3.63, 3.8) is 0 Å². The van der Waals surface area contributed by atoms with Gasteiger partial charge in [-0.3, -0.25) is 4.79 Å². The third kappa shape index (κ3) is 4.72. The first-order chi connectivity index (χ1) is 11.5. The Hall–Kier alpha value is -2.56. The molecule has 1 N–H and O–H groups in total. The van der Waals surface area contributed by atoms with Crippen LogP contribution in [0.3, 0.4) is 0 Å². The number of hydrogen-bond acceptors (Lipinski definition) is 5. The SMILES string of the molecule is COc1cc(O)c2c(c1)/C=C/CCCC(=O)/C=C/C[C@H](C)OC2=O. The predicted molar refractivity (Wildman–Crippen MR) is 91.2 cm³/mol. The lowest BCUT2D eigenvalue weighted by Gasteiger charge is -2.15. The van der Waals surface area contributed by atoms with Gasteiger partial charge in [0.2, 0.25) is 0 Å². The van der Waals surface area contributed by atoms with Crippen molar-refractivity contribution in [1.29, 1.82) is 0 Å². The molecular weight excluding hydrogens is 308 g/mol. The summed E-state index contributed by atoms with van der Waals surface area (Å²) in [4.78, 5) is 24.1. The second-order valence-corrected chi connectivity index (χ2v) is 5.73. The van der Waals surface area contributed by atoms with Gasteiger partial charge in [-0.1, -0.05) is 18.2 Å². The number of methoxy groups -OCH3 is 1. The maximum absolute atomic E-state index is 12.4. The quantitative estimate of drug-likeness (QED) is 0.796. The van der Waals surface area contributed by atoms with E-state index >= 15 is 0 Å². The lowest BCUT2D eigenvalue weighted by Crippen LogP contribution is -2.15. The molecule has 128 valence electrons. The molecule has 0 aliphatic carbocycles. The van der Waals surface area contributed by atoms with Gasteiger partial charge < -0.3 is 14.6 Å². The summed E-state index contributed by atoms with van der Waals surface area (Å²) in [7, 11) is 1.49. The van der Waals surface area contributed by atoms with Crippen molar-refractivity contribution in [2.75, 3.05) is 7.11 Å². The Bertz CT molecular complexity index is 673. The molecule has 5 heteroatoms. The number of phenols is 1. The molecule has 5 nitrogen and oxygen atoms in total. The minimum absolute atomic E-state index is 0.0682. The van der Waals surface area contributed by atoms with Crippen LogP contribution in [0.1, 0.15) is 48.5 Å². The number of aromatic hydroxyl groups is 1. The summed E-state index contributed by atoms with van der Waals surface area (Å²) in [6.07, 6.45) is 8.82. The first-order valence-corrected chi connectivity index (χ1v) is 7.99. The highest BCUT2D eigenvalue weighted by Gasteiger charge is 2.20. The molecule has 2 rings (SSSR count). The lowest BCUT2D eigenvalue weighted by atomic mass is 10.0. The van der Waals surface area contributed by atoms with E-state index in [-0.39, 0.29) is 17.1 Å². The third-order valence-corrected chi connectivity index (χ3v) is 3.73. The third-order valence-electron chi connectivity index (χ3n) is 3.73. The lowest BCUT2D eigenvalue weighted by molar-refractivity contribution is -0.114. The van der Waals surface area contributed by atoms with Crippen molar-refractivity contribution in [3.8, 4) is 11.5 Å². The fourth-order valence-corrected chi connectivity index (χ4v) is 2.46. The van der Waals surface area contributed by atoms with E-state index < -0.39 is 12.1 Å². The zero-order valence-electron chi connectivity index (χ0n) is 14.0. The van der Waals surface area contributed by atoms with E-state index in [0.717, 1.165) is 6.42 Å². The number of allylic oxidation sites excluding steroid dienone is 2. The number of benzene rings is 1. The maximum Gasteiger partial charge on any atom is 0.342 e. The number of carbonyl (C=O) groups is 2. The van der Waals surface area contributed by atoms with E-state index in [4.69, 9.17) is 9.47 Å². The molecule has 1 aliphatic heterocycles. The van der Waals surface area contributed by atoms with E-state index in [1.165, 1.54) is 19.3 Å². The largest absolute Gasteiger partial charge is 0.507 e. The van der Waals surface area contributed by atoms with Crippen LogP contribution in [0.15, 0.2) is 30.4 Å². The number of ketones is 1. The number of cyclic esters (lactones) is 1. The van der Waals surface area contributed by atoms with Crippen molar-refractivity contribution in [2.45, 2.75) is 38.7 Å². The normalized spacial score (nSPS) is 22.0. The molecule has 0 spiro atoms. The summed E-state index contributed by atoms with van der Waals surface area (Å²) in [6, 6.07) is 3.06. The molecule has 0 saturated heterocycles. The molecule has 1 aromatic rings. The fraction of sp³-hybridized carbons (Fsp3) is 0.368. The Morgan fingerprint density at radius 2 is 2.00 bits per heavy atom. The Kier molecular flexibility index (Phi) is 6.18. The number of hydrogen-bond donors (Lipinski definition) is 1. The summed E-state index contributed by atoms with van der Waals surface area (Å²) in [6.45, 7) is 1.74. The van der Waals surface area contributed by atoms with Gasteiger partial charge in [-0.2, -0.15) is 0 Å². The Balaban J connectivity index is 2.38. The van der Waals surface area contributed by atoms with E-state index in [9.17, 15) is 14.7 Å². The number of fused-ring (bicyclic) bond motifs is 1. The monoisotopic (exact) mass is 330 g/mol. The van der Waals surface area contributed by atoms with E-state index in [2.05, 4.69) is 0 Å². The average Bonchev–Trinajstić information content (AvgIpc) is 2.53. The van der Waals surface area contributed by atoms with Gasteiger partial charge in [-0.15, -0.1) is 0 Å². The van der Waals surface area contributed by atoms with Gasteiger partial charge in [-0.25, -0.2) is 4.79 Å². The summed E-state index contributed by atoms with van der Waals surface area (Å²) >= 11 is 0. The van der Waals surface area contributed by atoms with Crippen LogP contribution in [0.25, 0.3) is 6.08 Å². The van der Waals surface area contributed by atoms with E-state index in [0.29, 0.717) is 30.6 Å². The van der Waals surface area contributed by atoms with Crippen LogP contribution in [-0.4, -0.2) is 30.1 Å². The predicted octanol–water partition coefficient (Wildman–Crippen LogP) is 3.66. The molecule has 0 aromatic heterocycles. The smallest absolute Gasteiger partial charge is 0.342 e. The van der Waals surface area contributed by atoms with Crippen LogP contribution in [0.4, 0.5) is 0 Å². The van der Waals surface area contributed by atoms with Crippen LogP contribution >= 0.6 is 0 Å². The second kappa shape index (κ2) is 8.34. The molecule has 1 aromatic carbocycles. The van der Waals surface area contributed by atoms with E-state index in [1.54, 1.807) is 25.1 Å². The molecule has 0 fully saturated rings. The Morgan fingerprint density at radius 1 is 1.21 bits per heavy atom. The van der Waals surface area contributed by atoms with E-state index in [1.807, 2.05) is 6.08 Å². The zero-order chi connectivity index (χ0) is 17.5. The van der Waals surface area contributed by atoms with Crippen molar-refractivity contribution >= 4 is 17.8 Å². The molecule has 0 bridgehead atoms. The summed E-state index contributed by atoms with van der Waals surface area (Å²) in [5.41, 5.74) is 0.652. The fourth-order valence-electron chi connectivity index (χ4n) is 2.46. The Labute approximate surface area is 141 Å². The summed E-state index contributed by atoms with van der Waals surface area (Å²) in [5, 5.41) is 10.2. The van der Waals surface area contributed by atoms with Crippen LogP contribution in [0, 0.1) is 0 Å². The molecule has 1 atom stereocenters. The zero-order valence-corrected chi connectivity index (χ0v) is 14.0. The number of carbonyl (C=O) groups excluding carboxylic acids is 2. The average molecular weight is 330 g/mol. The van der Waals surface area contributed by atoms with Gasteiger partial charge in [-0.05, 0) is 37.5 Å². The van der Waals surface area contributed by atoms with Crippen molar-refractivity contribution in [1.82, 2.24) is 0 Å². The molecule has 1 aliphatic rings. The second-order valence-electron chi connectivity index (χ2n) is 5.73. The summed E-state index contributed by atoms with van der Waals surface area (Å²) in [5.74, 6) is -0.252. The highest BCUT2D eigenvalue weighted by molar-refractivity contribution is 5.97. The highest BCUT2D eigenvalue weighted by Crippen LogP contribution is 2.30. The number of esters is 1. The van der Waals surface area contributed by atoms with Gasteiger partial charge >= 0.3 is 5.97 Å². The summed E-state index contributed by atoms with van der Waals surface area (Å²) < 4.78 is 10.5. The topological polar surface area (TPSA) is 72.8 Å². The minimum atomic E-state index is -0.598. The first kappa shape index (κ1) is 17.8. The molecule has 0 amide bonds. The molecule has 0 saturated carbocycles. The van der Waals surface area contributed by atoms with Crippen molar-refractivity contribution in [3.05, 3.63) is 41.5 Å². The van der Waals surface area contributed by atoms with Crippen LogP contribution < -0.4 is 4.74 Å². The molecule has 1 heterocycles. The van der Waals surface area contributed by atoms with Gasteiger partial charge in [0, 0.05) is 18.9 Å². The number of ether oxygens (including phenoxy) is 2. The highest BCUT2D eigenvalue weighted by atomic mass is 16.5. The number of phenolic OH excluding ortho intramolecular Hbond substituents is 1. The van der Waals surface area contributed by atoms with Gasteiger partial charge in [0.05, 0.1) is 7.11 Å². The number of rotatable bonds is 1. The first-order valence-electron chi connectivity index (χ1n) is 7.99. The van der Waals surface area contributed by atoms with Crippen molar-refractivity contribution in [2.24, 2.45) is 0 Å². The van der Waals surface area contributed by atoms with Gasteiger partial charge in [0.15, 0.2) is 5.78 Å².